The van der Waals surface area contributed by atoms with E-state index in [1.54, 1.807) is 78.0 Å². The molecule has 5 aliphatic rings. The number of rotatable bonds is 28. The van der Waals surface area contributed by atoms with Crippen molar-refractivity contribution in [3.63, 3.8) is 0 Å². The van der Waals surface area contributed by atoms with E-state index in [2.05, 4.69) is 36.6 Å². The molecule has 3 aliphatic carbocycles. The van der Waals surface area contributed by atoms with Crippen molar-refractivity contribution >= 4 is 146 Å². The smallest absolute Gasteiger partial charge is 0.466 e. The number of unbranched alkanes of at least 4 members (excludes halogenated alkanes) is 1. The van der Waals surface area contributed by atoms with Crippen molar-refractivity contribution < 1.29 is 61.9 Å². The molecule has 94 heavy (non-hydrogen) atoms. The Labute approximate surface area is 565 Å². The van der Waals surface area contributed by atoms with E-state index in [4.69, 9.17) is 73.1 Å². The number of urea groups is 1. The van der Waals surface area contributed by atoms with Crippen LogP contribution in [0.5, 0.6) is 11.5 Å². The molecule has 0 spiro atoms. The number of benzene rings is 3. The molecular formula is C63H82Cl2N13O13PS2. The number of aryl methyl sites for hydroxylation is 2. The standard InChI is InChI=1S/C63H82Cl2N13O13PS2/c1-33(2)51(74-55(81)41(71-36(5)79)11-8-9-17-66)56(82)73-42(12-10-18-68-59(67)85)54(80)72-40-15-13-37(14-16-40)29-89-60(93)75(6)19-20-76(7)61(94)90-45-21-43-49(47-34(3)25-69-52(45)47)38(23-64)27-77(43)57(83)62-30-63(31-62,32-62)58(84)78-28-39(24-65)50-44(78)22-46(91-92(86,87)88)53-48(50)35(4)26-70-53/h13-16,21-22,25-26,33,38-39,41-42,51,69-70H,8-12,17-20,23-24,27-32,66H2,1-7H3,(H,71,79)(H,72,80)(H,73,82)(H,74,81)(H3,67,68,85)(H2,86,87,88). The summed E-state index contributed by atoms with van der Waals surface area (Å²) in [4.78, 5) is 127. The average molecular weight is 1400 g/mol. The van der Waals surface area contributed by atoms with E-state index in [1.165, 1.54) is 13.0 Å². The number of primary amides is 1. The minimum Gasteiger partial charge on any atom is -0.466 e. The summed E-state index contributed by atoms with van der Waals surface area (Å²) >= 11 is 24.8. The van der Waals surface area contributed by atoms with Crippen molar-refractivity contribution in [2.75, 3.05) is 80.2 Å². The van der Waals surface area contributed by atoms with Crippen LogP contribution in [0.15, 0.2) is 48.8 Å². The molecule has 5 atom stereocenters. The highest BCUT2D eigenvalue weighted by Crippen LogP contribution is 2.75. The predicted octanol–water partition coefficient (Wildman–Crippen LogP) is 6.62. The van der Waals surface area contributed by atoms with Gasteiger partial charge in [-0.3, -0.25) is 38.6 Å². The van der Waals surface area contributed by atoms with Crippen LogP contribution in [0.1, 0.15) is 112 Å². The summed E-state index contributed by atoms with van der Waals surface area (Å²) < 4.78 is 29.7. The number of nitrogens with one attached hydrogen (secondary N) is 7. The number of phosphoric ester groups is 1. The van der Waals surface area contributed by atoms with Crippen LogP contribution >= 0.6 is 55.5 Å². The van der Waals surface area contributed by atoms with Gasteiger partial charge in [-0.1, -0.05) is 26.0 Å². The maximum atomic E-state index is 15.0. The molecule has 3 fully saturated rings. The zero-order valence-corrected chi connectivity index (χ0v) is 57.5. The predicted molar refractivity (Wildman–Crippen MR) is 366 cm³/mol. The summed E-state index contributed by atoms with van der Waals surface area (Å²) in [6, 6.07) is 6.39. The Kier molecular flexibility index (Phi) is 22.2. The summed E-state index contributed by atoms with van der Waals surface area (Å²) in [5, 5.41) is 15.4. The maximum Gasteiger partial charge on any atom is 0.524 e. The molecule has 26 nitrogen and oxygen atoms in total. The minimum atomic E-state index is -4.98. The number of fused-ring (bicyclic) bond motifs is 6. The lowest BCUT2D eigenvalue weighted by Crippen LogP contribution is -2.73. The number of H-pyrrole nitrogens is 2. The number of nitrogens with two attached hydrogens (primary N) is 2. The number of halogens is 2. The summed E-state index contributed by atoms with van der Waals surface area (Å²) in [5.74, 6) is -2.48. The number of amides is 8. The SMILES string of the molecule is CC(=O)NC(CCCCN)C(=O)NC(C(=O)NC(CCCNC(N)=O)C(=O)Nc1ccc(COC(=S)N(C)CCN(C)C(=S)Oc2cc3c(c4c(C)c[nH]c24)C(CCl)CN3C(=O)C23CC(C(=O)N4CC(CCl)c5c4cc(OP(=O)(O)O)c4[nH]cc(C)c54)(C2)C3)cc1)C(C)C. The lowest BCUT2D eigenvalue weighted by molar-refractivity contribution is -0.205. The summed E-state index contributed by atoms with van der Waals surface area (Å²) in [7, 11) is -1.41. The number of hydrogen-bond donors (Lipinski definition) is 11. The molecule has 10 rings (SSSR count). The van der Waals surface area contributed by atoms with Gasteiger partial charge in [0.25, 0.3) is 10.3 Å². The summed E-state index contributed by atoms with van der Waals surface area (Å²) in [5.41, 5.74) is 16.1. The topological polar surface area (TPSA) is 361 Å². The molecule has 0 radical (unpaired) electrons. The number of carbonyl (C=O) groups is 7. The van der Waals surface area contributed by atoms with Crippen molar-refractivity contribution in [1.29, 1.82) is 0 Å². The van der Waals surface area contributed by atoms with Gasteiger partial charge < -0.3 is 81.6 Å². The van der Waals surface area contributed by atoms with Crippen molar-refractivity contribution in [3.05, 3.63) is 76.6 Å². The first-order valence-electron chi connectivity index (χ1n) is 31.1. The molecule has 8 amide bonds. The molecule has 3 aromatic carbocycles. The second-order valence-corrected chi connectivity index (χ2v) is 28.0. The molecule has 31 heteroatoms. The van der Waals surface area contributed by atoms with E-state index in [0.29, 0.717) is 104 Å². The Morgan fingerprint density at radius 2 is 1.28 bits per heavy atom. The highest BCUT2D eigenvalue weighted by atomic mass is 35.5. The van der Waals surface area contributed by atoms with Gasteiger partial charge in [0.1, 0.15) is 24.7 Å². The van der Waals surface area contributed by atoms with E-state index < -0.39 is 72.4 Å². The van der Waals surface area contributed by atoms with Gasteiger partial charge in [0.15, 0.2) is 11.5 Å². The number of aromatic nitrogens is 2. The van der Waals surface area contributed by atoms with Crippen LogP contribution in [0.2, 0.25) is 0 Å². The fourth-order valence-corrected chi connectivity index (χ4v) is 14.7. The van der Waals surface area contributed by atoms with Crippen molar-refractivity contribution in [3.8, 4) is 11.5 Å². The quantitative estimate of drug-likeness (QED) is 0.0108. The molecule has 13 N–H and O–H groups in total. The first kappa shape index (κ1) is 71.0. The first-order chi connectivity index (χ1) is 44.5. The number of aromatic amines is 2. The van der Waals surface area contributed by atoms with Crippen LogP contribution in [0, 0.1) is 30.6 Å². The Bertz CT molecular complexity index is 3810. The van der Waals surface area contributed by atoms with E-state index in [0.717, 1.165) is 33.2 Å². The third-order valence-electron chi connectivity index (χ3n) is 18.2. The van der Waals surface area contributed by atoms with Gasteiger partial charge in [0.05, 0.1) is 33.2 Å². The van der Waals surface area contributed by atoms with E-state index in [-0.39, 0.29) is 84.0 Å². The van der Waals surface area contributed by atoms with Crippen LogP contribution in [-0.4, -0.2) is 165 Å². The number of likely N-dealkylation sites (N-methyl/N-ethyl adjacent to an activating group) is 2. The Hall–Kier alpha value is -7.30. The first-order valence-corrected chi connectivity index (χ1v) is 34.6. The molecule has 2 aliphatic heterocycles. The number of alkyl halides is 2. The normalized spacial score (nSPS) is 19.4. The van der Waals surface area contributed by atoms with Gasteiger partial charge >= 0.3 is 13.9 Å². The lowest BCUT2D eigenvalue weighted by Gasteiger charge is -2.69. The molecule has 4 heterocycles. The Morgan fingerprint density at radius 3 is 1.79 bits per heavy atom. The number of anilines is 3. The van der Waals surface area contributed by atoms with Crippen LogP contribution in [-0.2, 0) is 44.7 Å². The Morgan fingerprint density at radius 1 is 0.755 bits per heavy atom. The molecular weight excluding hydrogens is 1310 g/mol. The minimum absolute atomic E-state index is 0.0814. The van der Waals surface area contributed by atoms with Gasteiger partial charge in [-0.25, -0.2) is 9.36 Å². The molecule has 508 valence electrons. The van der Waals surface area contributed by atoms with Crippen LogP contribution in [0.3, 0.4) is 0 Å². The van der Waals surface area contributed by atoms with Gasteiger partial charge in [-0.2, -0.15) is 0 Å². The second kappa shape index (κ2) is 29.4. The zero-order chi connectivity index (χ0) is 68.3. The largest absolute Gasteiger partial charge is 0.524 e. The van der Waals surface area contributed by atoms with E-state index in [1.807, 2.05) is 26.1 Å². The number of hydrogen-bond acceptors (Lipinski definition) is 14. The number of carbonyl (C=O) groups excluding carboxylic acids is 7. The van der Waals surface area contributed by atoms with Gasteiger partial charge in [0, 0.05) is 118 Å². The molecule has 5 unspecified atom stereocenters. The molecule has 2 bridgehead atoms. The molecule has 2 aromatic heterocycles. The fraction of sp³-hybridized carbons (Fsp3) is 0.508. The van der Waals surface area contributed by atoms with Crippen LogP contribution in [0.25, 0.3) is 21.8 Å². The number of thiocarbonyl (C=S) groups is 2. The highest BCUT2D eigenvalue weighted by molar-refractivity contribution is 7.80. The molecule has 5 aromatic rings. The monoisotopic (exact) mass is 1390 g/mol. The van der Waals surface area contributed by atoms with Gasteiger partial charge in [-0.15, -0.1) is 23.2 Å². The summed E-state index contributed by atoms with van der Waals surface area (Å²) in [6.45, 7) is 10.6. The van der Waals surface area contributed by atoms with Crippen LogP contribution in [0.4, 0.5) is 21.9 Å². The molecule has 0 saturated heterocycles. The number of ether oxygens (including phenoxy) is 2. The lowest BCUT2D eigenvalue weighted by atomic mass is 9.34. The molecule has 3 saturated carbocycles. The summed E-state index contributed by atoms with van der Waals surface area (Å²) in [6.07, 6.45) is 6.50. The van der Waals surface area contributed by atoms with Crippen LogP contribution < -0.4 is 57.1 Å². The van der Waals surface area contributed by atoms with Crippen molar-refractivity contribution in [1.82, 2.24) is 41.0 Å². The highest BCUT2D eigenvalue weighted by Gasteiger charge is 2.76. The van der Waals surface area contributed by atoms with E-state index >= 15 is 0 Å². The van der Waals surface area contributed by atoms with Crippen molar-refractivity contribution in [2.45, 2.75) is 123 Å². The van der Waals surface area contributed by atoms with Gasteiger partial charge in [-0.05, 0) is 142 Å². The third kappa shape index (κ3) is 15.2. The number of phosphoric acid groups is 1. The Balaban J connectivity index is 0.788. The van der Waals surface area contributed by atoms with Crippen molar-refractivity contribution in [2.24, 2.45) is 28.2 Å². The third-order valence-corrected chi connectivity index (χ3v) is 20.2. The second-order valence-electron chi connectivity index (χ2n) is 25.5. The van der Waals surface area contributed by atoms with E-state index in [9.17, 15) is 47.9 Å². The maximum absolute atomic E-state index is 15.0. The number of nitrogens with zero attached hydrogens (tertiary/aromatic N) is 4. The fourth-order valence-electron chi connectivity index (χ4n) is 13.4. The zero-order valence-electron chi connectivity index (χ0n) is 53.5. The van der Waals surface area contributed by atoms with Gasteiger partial charge in [0.2, 0.25) is 35.4 Å². The average Bonchev–Trinajstić information content (AvgIpc) is 0.898.